The quantitative estimate of drug-likeness (QED) is 0.753. The molecule has 0 fully saturated rings. The molecule has 1 nitrogen and oxygen atoms in total. The smallest absolute Gasteiger partial charge is 0.124 e. The molecule has 0 saturated carbocycles. The van der Waals surface area contributed by atoms with Crippen LogP contribution >= 0.6 is 39.1 Å². The molecule has 5 heteroatoms. The molecule has 0 aliphatic heterocycles. The minimum Gasteiger partial charge on any atom is -0.313 e. The van der Waals surface area contributed by atoms with Crippen LogP contribution in [0.2, 0.25) is 10.0 Å². The summed E-state index contributed by atoms with van der Waals surface area (Å²) in [7, 11) is 1.84. The number of rotatable bonds is 4. The Kier molecular flexibility index (Phi) is 5.44. The van der Waals surface area contributed by atoms with Gasteiger partial charge in [-0.1, -0.05) is 51.3 Å². The van der Waals surface area contributed by atoms with Gasteiger partial charge in [0.1, 0.15) is 5.82 Å². The van der Waals surface area contributed by atoms with E-state index < -0.39 is 0 Å². The maximum Gasteiger partial charge on any atom is 0.124 e. The predicted molar refractivity (Wildman–Crippen MR) is 86.1 cm³/mol. The lowest BCUT2D eigenvalue weighted by atomic mass is 9.99. The summed E-state index contributed by atoms with van der Waals surface area (Å²) in [5, 5.41) is 4.30. The summed E-state index contributed by atoms with van der Waals surface area (Å²) in [6, 6.07) is 10.2. The molecule has 0 saturated heterocycles. The highest BCUT2D eigenvalue weighted by Gasteiger charge is 2.15. The Hall–Kier alpha value is -0.610. The predicted octanol–water partition coefficient (Wildman–Crippen LogP) is 5.40. The molecule has 0 aromatic heterocycles. The lowest BCUT2D eigenvalue weighted by Crippen LogP contribution is -2.19. The zero-order valence-corrected chi connectivity index (χ0v) is 13.9. The molecule has 0 aliphatic rings. The molecule has 0 bridgehead atoms. The van der Waals surface area contributed by atoms with Crippen molar-refractivity contribution in [1.82, 2.24) is 5.32 Å². The third-order valence-electron chi connectivity index (χ3n) is 3.13. The van der Waals surface area contributed by atoms with Crippen molar-refractivity contribution in [1.29, 1.82) is 0 Å². The topological polar surface area (TPSA) is 12.0 Å². The van der Waals surface area contributed by atoms with E-state index in [-0.39, 0.29) is 11.9 Å². The molecular weight excluding hydrogens is 364 g/mol. The zero-order valence-electron chi connectivity index (χ0n) is 10.8. The summed E-state index contributed by atoms with van der Waals surface area (Å²) in [6.07, 6.45) is 0.675. The van der Waals surface area contributed by atoms with Crippen LogP contribution in [0.5, 0.6) is 0 Å². The van der Waals surface area contributed by atoms with Crippen LogP contribution in [0.25, 0.3) is 0 Å². The van der Waals surface area contributed by atoms with Crippen LogP contribution < -0.4 is 5.32 Å². The van der Waals surface area contributed by atoms with Crippen molar-refractivity contribution in [3.8, 4) is 0 Å². The third-order valence-corrected chi connectivity index (χ3v) is 4.30. The highest BCUT2D eigenvalue weighted by Crippen LogP contribution is 2.29. The highest BCUT2D eigenvalue weighted by molar-refractivity contribution is 9.10. The van der Waals surface area contributed by atoms with Gasteiger partial charge in [0.25, 0.3) is 0 Å². The third kappa shape index (κ3) is 3.73. The molecule has 1 unspecified atom stereocenters. The minimum atomic E-state index is -0.338. The van der Waals surface area contributed by atoms with Crippen molar-refractivity contribution in [3.63, 3.8) is 0 Å². The molecule has 2 rings (SSSR count). The second kappa shape index (κ2) is 6.90. The molecule has 0 spiro atoms. The van der Waals surface area contributed by atoms with Gasteiger partial charge in [0.15, 0.2) is 0 Å². The summed E-state index contributed by atoms with van der Waals surface area (Å²) in [6.45, 7) is 0. The first-order valence-electron chi connectivity index (χ1n) is 6.07. The van der Waals surface area contributed by atoms with Gasteiger partial charge >= 0.3 is 0 Å². The molecule has 106 valence electrons. The van der Waals surface area contributed by atoms with Gasteiger partial charge in [0.2, 0.25) is 0 Å². The van der Waals surface area contributed by atoms with E-state index in [1.165, 1.54) is 12.1 Å². The van der Waals surface area contributed by atoms with E-state index in [0.29, 0.717) is 16.5 Å². The average Bonchev–Trinajstić information content (AvgIpc) is 2.39. The van der Waals surface area contributed by atoms with E-state index in [9.17, 15) is 4.39 Å². The first kappa shape index (κ1) is 15.8. The van der Waals surface area contributed by atoms with Gasteiger partial charge in [-0.15, -0.1) is 0 Å². The van der Waals surface area contributed by atoms with Gasteiger partial charge in [-0.2, -0.15) is 0 Å². The Morgan fingerprint density at radius 3 is 2.50 bits per heavy atom. The van der Waals surface area contributed by atoms with E-state index >= 15 is 0 Å². The summed E-state index contributed by atoms with van der Waals surface area (Å²) in [5.41, 5.74) is 1.86. The standard InChI is InChI=1S/C15H13BrCl2FN/c1-20-15(12-5-4-11(19)8-14(12)18)6-9-2-3-10(16)7-13(9)17/h2-5,7-8,15,20H,6H2,1H3. The molecule has 0 radical (unpaired) electrons. The average molecular weight is 377 g/mol. The van der Waals surface area contributed by atoms with Crippen molar-refractivity contribution < 1.29 is 4.39 Å². The van der Waals surface area contributed by atoms with Gasteiger partial charge < -0.3 is 5.32 Å². The van der Waals surface area contributed by atoms with Crippen LogP contribution in [-0.2, 0) is 6.42 Å². The fourth-order valence-electron chi connectivity index (χ4n) is 2.06. The first-order chi connectivity index (χ1) is 9.51. The number of nitrogens with one attached hydrogen (secondary N) is 1. The number of halogens is 4. The highest BCUT2D eigenvalue weighted by atomic mass is 79.9. The summed E-state index contributed by atoms with van der Waals surface area (Å²) in [4.78, 5) is 0. The monoisotopic (exact) mass is 375 g/mol. The van der Waals surface area contributed by atoms with Crippen LogP contribution in [0.3, 0.4) is 0 Å². The Morgan fingerprint density at radius 1 is 1.15 bits per heavy atom. The lowest BCUT2D eigenvalue weighted by Gasteiger charge is -2.19. The number of benzene rings is 2. The van der Waals surface area contributed by atoms with Crippen LogP contribution in [0.4, 0.5) is 4.39 Å². The normalized spacial score (nSPS) is 12.4. The maximum absolute atomic E-state index is 13.1. The largest absolute Gasteiger partial charge is 0.313 e. The van der Waals surface area contributed by atoms with Gasteiger partial charge in [0, 0.05) is 20.6 Å². The lowest BCUT2D eigenvalue weighted by molar-refractivity contribution is 0.586. The molecule has 1 N–H and O–H groups in total. The van der Waals surface area contributed by atoms with Crippen molar-refractivity contribution in [2.24, 2.45) is 0 Å². The van der Waals surface area contributed by atoms with Gasteiger partial charge in [-0.25, -0.2) is 4.39 Å². The fourth-order valence-corrected chi connectivity index (χ4v) is 3.11. The van der Waals surface area contributed by atoms with E-state index in [1.54, 1.807) is 6.07 Å². The molecule has 2 aromatic carbocycles. The first-order valence-corrected chi connectivity index (χ1v) is 7.62. The second-order valence-corrected chi connectivity index (χ2v) is 6.18. The summed E-state index contributed by atoms with van der Waals surface area (Å²) >= 11 is 15.7. The van der Waals surface area contributed by atoms with Crippen LogP contribution in [0.1, 0.15) is 17.2 Å². The van der Waals surface area contributed by atoms with E-state index in [4.69, 9.17) is 23.2 Å². The number of hydrogen-bond acceptors (Lipinski definition) is 1. The van der Waals surface area contributed by atoms with E-state index in [2.05, 4.69) is 21.2 Å². The maximum atomic E-state index is 13.1. The Bertz CT molecular complexity index is 619. The molecule has 1 atom stereocenters. The van der Waals surface area contributed by atoms with Crippen molar-refractivity contribution in [2.75, 3.05) is 7.05 Å². The van der Waals surface area contributed by atoms with Gasteiger partial charge in [0.05, 0.1) is 0 Å². The van der Waals surface area contributed by atoms with Crippen molar-refractivity contribution in [2.45, 2.75) is 12.5 Å². The van der Waals surface area contributed by atoms with Gasteiger partial charge in [-0.05, 0) is 48.9 Å². The Labute approximate surface area is 136 Å². The molecule has 0 amide bonds. The SMILES string of the molecule is CNC(Cc1ccc(Br)cc1Cl)c1ccc(F)cc1Cl. The summed E-state index contributed by atoms with van der Waals surface area (Å²) < 4.78 is 14.1. The van der Waals surface area contributed by atoms with E-state index in [1.807, 2.05) is 25.2 Å². The number of hydrogen-bond donors (Lipinski definition) is 1. The molecular formula is C15H13BrCl2FN. The van der Waals surface area contributed by atoms with Crippen molar-refractivity contribution in [3.05, 3.63) is 67.9 Å². The molecule has 2 aromatic rings. The molecule has 0 aliphatic carbocycles. The Balaban J connectivity index is 2.28. The summed E-state index contributed by atoms with van der Waals surface area (Å²) in [5.74, 6) is -0.338. The van der Waals surface area contributed by atoms with Crippen LogP contribution in [0.15, 0.2) is 40.9 Å². The van der Waals surface area contributed by atoms with Crippen LogP contribution in [-0.4, -0.2) is 7.05 Å². The Morgan fingerprint density at radius 2 is 1.90 bits per heavy atom. The second-order valence-electron chi connectivity index (χ2n) is 4.45. The van der Waals surface area contributed by atoms with Gasteiger partial charge in [-0.3, -0.25) is 0 Å². The molecule has 0 heterocycles. The van der Waals surface area contributed by atoms with E-state index in [0.717, 1.165) is 15.6 Å². The molecule has 20 heavy (non-hydrogen) atoms. The zero-order chi connectivity index (χ0) is 14.7. The van der Waals surface area contributed by atoms with Crippen molar-refractivity contribution >= 4 is 39.1 Å². The van der Waals surface area contributed by atoms with Crippen LogP contribution in [0, 0.1) is 5.82 Å². The number of likely N-dealkylation sites (N-methyl/N-ethyl adjacent to an activating group) is 1. The minimum absolute atomic E-state index is 0.0261. The fraction of sp³-hybridized carbons (Fsp3) is 0.200.